The summed E-state index contributed by atoms with van der Waals surface area (Å²) in [5.74, 6) is 2.49. The molecule has 2 rings (SSSR count). The summed E-state index contributed by atoms with van der Waals surface area (Å²) in [4.78, 5) is 0.455. The van der Waals surface area contributed by atoms with Crippen LogP contribution in [0.4, 0.5) is 0 Å². The fraction of sp³-hybridized carbons (Fsp3) is 0.571. The van der Waals surface area contributed by atoms with E-state index in [4.69, 9.17) is 9.47 Å². The molecule has 1 aromatic rings. The summed E-state index contributed by atoms with van der Waals surface area (Å²) >= 11 is 7.36. The first kappa shape index (κ1) is 14.4. The summed E-state index contributed by atoms with van der Waals surface area (Å²) in [5.41, 5.74) is 1.32. The Morgan fingerprint density at radius 2 is 2.11 bits per heavy atom. The molecule has 1 fully saturated rings. The van der Waals surface area contributed by atoms with Crippen molar-refractivity contribution in [3.8, 4) is 5.75 Å². The first-order valence-corrected chi connectivity index (χ1v) is 7.89. The Bertz CT molecular complexity index is 409. The Morgan fingerprint density at radius 3 is 2.67 bits per heavy atom. The van der Waals surface area contributed by atoms with E-state index < -0.39 is 0 Å². The fourth-order valence-corrected chi connectivity index (χ4v) is 3.58. The Balaban J connectivity index is 2.00. The lowest BCUT2D eigenvalue weighted by Crippen LogP contribution is -2.05. The molecule has 0 bridgehead atoms. The molecule has 0 radical (unpaired) electrons. The lowest BCUT2D eigenvalue weighted by molar-refractivity contribution is 0.146. The maximum Gasteiger partial charge on any atom is 0.133 e. The molecule has 18 heavy (non-hydrogen) atoms. The van der Waals surface area contributed by atoms with Crippen molar-refractivity contribution in [3.05, 3.63) is 28.2 Å². The fourth-order valence-electron chi connectivity index (χ4n) is 2.05. The quantitative estimate of drug-likeness (QED) is 0.534. The van der Waals surface area contributed by atoms with E-state index in [-0.39, 0.29) is 0 Å². The summed E-state index contributed by atoms with van der Waals surface area (Å²) in [7, 11) is 1.67. The van der Waals surface area contributed by atoms with Crippen LogP contribution in [0.15, 0.2) is 22.7 Å². The van der Waals surface area contributed by atoms with Gasteiger partial charge in [-0.2, -0.15) is 0 Å². The van der Waals surface area contributed by atoms with Crippen LogP contribution in [0.5, 0.6) is 5.75 Å². The lowest BCUT2D eigenvalue weighted by Gasteiger charge is -2.13. The van der Waals surface area contributed by atoms with Gasteiger partial charge in [-0.1, -0.05) is 28.9 Å². The van der Waals surface area contributed by atoms with E-state index in [0.29, 0.717) is 18.0 Å². The second kappa shape index (κ2) is 6.40. The maximum absolute atomic E-state index is 5.62. The van der Waals surface area contributed by atoms with Gasteiger partial charge in [0.15, 0.2) is 0 Å². The van der Waals surface area contributed by atoms with Crippen LogP contribution < -0.4 is 4.74 Å². The van der Waals surface area contributed by atoms with Crippen LogP contribution in [-0.4, -0.2) is 20.3 Å². The van der Waals surface area contributed by atoms with Crippen molar-refractivity contribution in [3.63, 3.8) is 0 Å². The molecule has 0 heterocycles. The molecule has 4 heteroatoms. The third kappa shape index (κ3) is 3.49. The van der Waals surface area contributed by atoms with Gasteiger partial charge in [0.25, 0.3) is 0 Å². The Hall–Kier alpha value is -0.0600. The molecule has 1 aliphatic carbocycles. The average Bonchev–Trinajstić information content (AvgIpc) is 3.08. The topological polar surface area (TPSA) is 18.5 Å². The van der Waals surface area contributed by atoms with Crippen LogP contribution in [0.2, 0.25) is 0 Å². The molecule has 0 amide bonds. The van der Waals surface area contributed by atoms with E-state index in [1.165, 1.54) is 12.0 Å². The largest absolute Gasteiger partial charge is 0.490 e. The molecule has 1 aromatic carbocycles. The van der Waals surface area contributed by atoms with Gasteiger partial charge in [-0.15, -0.1) is 0 Å². The van der Waals surface area contributed by atoms with Crippen molar-refractivity contribution in [2.75, 3.05) is 20.3 Å². The summed E-state index contributed by atoms with van der Waals surface area (Å²) in [6.45, 7) is 3.48. The molecule has 0 aromatic heterocycles. The van der Waals surface area contributed by atoms with Gasteiger partial charge in [0, 0.05) is 11.9 Å². The minimum absolute atomic E-state index is 0.455. The van der Waals surface area contributed by atoms with Crippen LogP contribution >= 0.6 is 31.9 Å². The number of alkyl halides is 1. The van der Waals surface area contributed by atoms with Crippen LogP contribution in [0, 0.1) is 11.8 Å². The third-order valence-electron chi connectivity index (χ3n) is 3.37. The molecule has 1 saturated carbocycles. The highest BCUT2D eigenvalue weighted by atomic mass is 79.9. The normalized spacial score (nSPS) is 23.8. The second-order valence-electron chi connectivity index (χ2n) is 4.81. The highest BCUT2D eigenvalue weighted by Crippen LogP contribution is 2.51. The first-order chi connectivity index (χ1) is 8.63. The van der Waals surface area contributed by atoms with Crippen molar-refractivity contribution >= 4 is 31.9 Å². The summed E-state index contributed by atoms with van der Waals surface area (Å²) in [5, 5.41) is 0. The molecule has 100 valence electrons. The molecule has 0 saturated heterocycles. The van der Waals surface area contributed by atoms with Gasteiger partial charge >= 0.3 is 0 Å². The van der Waals surface area contributed by atoms with Crippen LogP contribution in [0.1, 0.15) is 23.7 Å². The number of hydrogen-bond donors (Lipinski definition) is 0. The van der Waals surface area contributed by atoms with E-state index in [2.05, 4.69) is 50.9 Å². The Labute approximate surface area is 125 Å². The molecule has 0 spiro atoms. The highest BCUT2D eigenvalue weighted by molar-refractivity contribution is 9.10. The molecule has 1 aliphatic rings. The molecular weight excluding hydrogens is 360 g/mol. The van der Waals surface area contributed by atoms with E-state index >= 15 is 0 Å². The predicted molar refractivity (Wildman–Crippen MR) is 80.5 cm³/mol. The molecule has 2 nitrogen and oxygen atoms in total. The smallest absolute Gasteiger partial charge is 0.133 e. The van der Waals surface area contributed by atoms with E-state index in [1.807, 2.05) is 6.07 Å². The van der Waals surface area contributed by atoms with E-state index in [9.17, 15) is 0 Å². The summed E-state index contributed by atoms with van der Waals surface area (Å²) in [6.07, 6.45) is 1.32. The Morgan fingerprint density at radius 1 is 1.39 bits per heavy atom. The standard InChI is InChI=1S/C14H18Br2O2/c1-9-7-11(9)14(16)10-3-4-13(12(15)8-10)18-6-5-17-2/h3-4,8-9,11,14H,5-7H2,1-2H3. The van der Waals surface area contributed by atoms with Crippen molar-refractivity contribution in [1.82, 2.24) is 0 Å². The van der Waals surface area contributed by atoms with Gasteiger partial charge in [-0.3, -0.25) is 0 Å². The lowest BCUT2D eigenvalue weighted by atomic mass is 10.1. The van der Waals surface area contributed by atoms with Gasteiger partial charge < -0.3 is 9.47 Å². The number of methoxy groups -OCH3 is 1. The number of ether oxygens (including phenoxy) is 2. The first-order valence-electron chi connectivity index (χ1n) is 6.18. The van der Waals surface area contributed by atoms with Gasteiger partial charge in [0.05, 0.1) is 11.1 Å². The van der Waals surface area contributed by atoms with Crippen molar-refractivity contribution in [2.24, 2.45) is 11.8 Å². The van der Waals surface area contributed by atoms with Gasteiger partial charge in [-0.25, -0.2) is 0 Å². The minimum Gasteiger partial charge on any atom is -0.490 e. The zero-order valence-corrected chi connectivity index (χ0v) is 13.8. The Kier molecular flexibility index (Phi) is 5.10. The second-order valence-corrected chi connectivity index (χ2v) is 6.65. The van der Waals surface area contributed by atoms with Crippen LogP contribution in [0.3, 0.4) is 0 Å². The van der Waals surface area contributed by atoms with E-state index in [1.54, 1.807) is 7.11 Å². The van der Waals surface area contributed by atoms with Crippen LogP contribution in [0.25, 0.3) is 0 Å². The van der Waals surface area contributed by atoms with Crippen molar-refractivity contribution < 1.29 is 9.47 Å². The molecule has 0 aliphatic heterocycles. The monoisotopic (exact) mass is 376 g/mol. The molecule has 3 unspecified atom stereocenters. The molecule has 0 N–H and O–H groups in total. The zero-order valence-electron chi connectivity index (χ0n) is 10.7. The van der Waals surface area contributed by atoms with Crippen molar-refractivity contribution in [1.29, 1.82) is 0 Å². The maximum atomic E-state index is 5.62. The van der Waals surface area contributed by atoms with E-state index in [0.717, 1.165) is 22.1 Å². The molecular formula is C14H18Br2O2. The zero-order chi connectivity index (χ0) is 13.1. The summed E-state index contributed by atoms with van der Waals surface area (Å²) < 4.78 is 11.6. The SMILES string of the molecule is COCCOc1ccc(C(Br)C2CC2C)cc1Br. The van der Waals surface area contributed by atoms with Crippen molar-refractivity contribution in [2.45, 2.75) is 18.2 Å². The van der Waals surface area contributed by atoms with Crippen LogP contribution in [-0.2, 0) is 4.74 Å². The highest BCUT2D eigenvalue weighted by Gasteiger charge is 2.38. The third-order valence-corrected chi connectivity index (χ3v) is 5.19. The number of benzene rings is 1. The number of rotatable bonds is 6. The minimum atomic E-state index is 0.455. The van der Waals surface area contributed by atoms with Gasteiger partial charge in [0.1, 0.15) is 12.4 Å². The summed E-state index contributed by atoms with van der Waals surface area (Å²) in [6, 6.07) is 6.31. The van der Waals surface area contributed by atoms with Gasteiger partial charge in [0.2, 0.25) is 0 Å². The van der Waals surface area contributed by atoms with Gasteiger partial charge in [-0.05, 0) is 51.9 Å². The average molecular weight is 378 g/mol. The molecule has 3 atom stereocenters. The number of hydrogen-bond acceptors (Lipinski definition) is 2. The predicted octanol–water partition coefficient (Wildman–Crippen LogP) is 4.57. The number of halogens is 2.